The molecule has 0 aliphatic heterocycles. The molecular formula is C23H27N5O6S3. The first-order chi connectivity index (χ1) is 17.7. The van der Waals surface area contributed by atoms with Crippen LogP contribution >= 0.6 is 23.1 Å². The van der Waals surface area contributed by atoms with Crippen LogP contribution in [0.25, 0.3) is 0 Å². The third kappa shape index (κ3) is 7.19. The number of aromatic nitrogens is 2. The molecule has 2 amide bonds. The van der Waals surface area contributed by atoms with Gasteiger partial charge in [0.2, 0.25) is 21.1 Å². The Bertz CT molecular complexity index is 1340. The van der Waals surface area contributed by atoms with Crippen LogP contribution in [0.5, 0.6) is 11.5 Å². The molecule has 198 valence electrons. The number of carbonyl (C=O) groups is 2. The first-order valence-corrected chi connectivity index (χ1v) is 14.4. The summed E-state index contributed by atoms with van der Waals surface area (Å²) in [6, 6.07) is 10.8. The highest BCUT2D eigenvalue weighted by Gasteiger charge is 2.22. The van der Waals surface area contributed by atoms with Crippen molar-refractivity contribution >= 4 is 55.8 Å². The number of anilines is 2. The van der Waals surface area contributed by atoms with Crippen molar-refractivity contribution in [3.8, 4) is 11.5 Å². The third-order valence-corrected chi connectivity index (χ3v) is 9.12. The molecule has 0 fully saturated rings. The Balaban J connectivity index is 1.55. The molecule has 0 aliphatic rings. The van der Waals surface area contributed by atoms with Gasteiger partial charge in [0.1, 0.15) is 0 Å². The zero-order chi connectivity index (χ0) is 27.0. The molecule has 11 nitrogen and oxygen atoms in total. The molecule has 14 heteroatoms. The Morgan fingerprint density at radius 1 is 0.973 bits per heavy atom. The number of carbonyl (C=O) groups excluding carboxylic acids is 2. The third-order valence-electron chi connectivity index (χ3n) is 5.08. The topological polar surface area (TPSA) is 140 Å². The predicted molar refractivity (Wildman–Crippen MR) is 143 cm³/mol. The minimum Gasteiger partial charge on any atom is -0.493 e. The van der Waals surface area contributed by atoms with Gasteiger partial charge in [-0.05, 0) is 36.4 Å². The van der Waals surface area contributed by atoms with E-state index in [1.165, 1.54) is 54.6 Å². The second-order valence-electron chi connectivity index (χ2n) is 7.35. The SMILES string of the molecule is CCN(CC)S(=O)(=O)c1ccc(C(=O)Nc2nnc(SCC(=O)Nc3ccc(OC)c(OC)c3)s2)cc1. The van der Waals surface area contributed by atoms with Crippen molar-refractivity contribution in [3.05, 3.63) is 48.0 Å². The van der Waals surface area contributed by atoms with E-state index in [9.17, 15) is 18.0 Å². The van der Waals surface area contributed by atoms with Gasteiger partial charge in [-0.3, -0.25) is 14.9 Å². The number of hydrogen-bond donors (Lipinski definition) is 2. The van der Waals surface area contributed by atoms with E-state index in [1.54, 1.807) is 32.0 Å². The highest BCUT2D eigenvalue weighted by atomic mass is 32.2. The van der Waals surface area contributed by atoms with Crippen molar-refractivity contribution in [1.82, 2.24) is 14.5 Å². The molecule has 0 saturated carbocycles. The summed E-state index contributed by atoms with van der Waals surface area (Å²) in [4.78, 5) is 25.0. The molecular weight excluding hydrogens is 538 g/mol. The van der Waals surface area contributed by atoms with E-state index >= 15 is 0 Å². The van der Waals surface area contributed by atoms with Crippen molar-refractivity contribution in [3.63, 3.8) is 0 Å². The van der Waals surface area contributed by atoms with Gasteiger partial charge in [0, 0.05) is 30.4 Å². The number of methoxy groups -OCH3 is 2. The molecule has 2 aromatic carbocycles. The van der Waals surface area contributed by atoms with E-state index < -0.39 is 15.9 Å². The van der Waals surface area contributed by atoms with Crippen molar-refractivity contribution in [2.24, 2.45) is 0 Å². The Labute approximate surface area is 223 Å². The fourth-order valence-electron chi connectivity index (χ4n) is 3.22. The zero-order valence-electron chi connectivity index (χ0n) is 20.7. The van der Waals surface area contributed by atoms with E-state index in [1.807, 2.05) is 0 Å². The Morgan fingerprint density at radius 3 is 2.27 bits per heavy atom. The Kier molecular flexibility index (Phi) is 9.86. The van der Waals surface area contributed by atoms with Gasteiger partial charge in [0.05, 0.1) is 24.9 Å². The molecule has 0 bridgehead atoms. The first-order valence-electron chi connectivity index (χ1n) is 11.1. The number of ether oxygens (including phenoxy) is 2. The summed E-state index contributed by atoms with van der Waals surface area (Å²) in [5, 5.41) is 13.6. The molecule has 1 aromatic heterocycles. The summed E-state index contributed by atoms with van der Waals surface area (Å²) in [6.45, 7) is 4.25. The smallest absolute Gasteiger partial charge is 0.257 e. The molecule has 37 heavy (non-hydrogen) atoms. The number of hydrogen-bond acceptors (Lipinski definition) is 10. The van der Waals surface area contributed by atoms with Crippen LogP contribution in [-0.2, 0) is 14.8 Å². The minimum absolute atomic E-state index is 0.0827. The van der Waals surface area contributed by atoms with Crippen molar-refractivity contribution < 1.29 is 27.5 Å². The predicted octanol–water partition coefficient (Wildman–Crippen LogP) is 3.57. The largest absolute Gasteiger partial charge is 0.493 e. The van der Waals surface area contributed by atoms with E-state index in [0.717, 1.165) is 11.3 Å². The normalized spacial score (nSPS) is 11.3. The van der Waals surface area contributed by atoms with E-state index in [4.69, 9.17) is 9.47 Å². The molecule has 0 radical (unpaired) electrons. The summed E-state index contributed by atoms with van der Waals surface area (Å²) in [6.07, 6.45) is 0. The monoisotopic (exact) mass is 565 g/mol. The van der Waals surface area contributed by atoms with Gasteiger partial charge in [0.15, 0.2) is 15.8 Å². The number of rotatable bonds is 12. The van der Waals surface area contributed by atoms with Crippen LogP contribution in [0.1, 0.15) is 24.2 Å². The average molecular weight is 566 g/mol. The molecule has 0 atom stereocenters. The molecule has 0 saturated heterocycles. The summed E-state index contributed by atoms with van der Waals surface area (Å²) >= 11 is 2.30. The number of nitrogens with one attached hydrogen (secondary N) is 2. The summed E-state index contributed by atoms with van der Waals surface area (Å²) in [5.74, 6) is 0.430. The van der Waals surface area contributed by atoms with Crippen molar-refractivity contribution in [2.75, 3.05) is 43.7 Å². The fraction of sp³-hybridized carbons (Fsp3) is 0.304. The molecule has 0 spiro atoms. The highest BCUT2D eigenvalue weighted by molar-refractivity contribution is 8.01. The lowest BCUT2D eigenvalue weighted by molar-refractivity contribution is -0.113. The van der Waals surface area contributed by atoms with Gasteiger partial charge < -0.3 is 14.8 Å². The van der Waals surface area contributed by atoms with Crippen LogP contribution in [0.4, 0.5) is 10.8 Å². The van der Waals surface area contributed by atoms with Gasteiger partial charge in [-0.1, -0.05) is 36.9 Å². The van der Waals surface area contributed by atoms with Crippen LogP contribution in [0, 0.1) is 0 Å². The zero-order valence-corrected chi connectivity index (χ0v) is 23.1. The average Bonchev–Trinajstić information content (AvgIpc) is 3.35. The van der Waals surface area contributed by atoms with Crippen LogP contribution in [0.2, 0.25) is 0 Å². The van der Waals surface area contributed by atoms with E-state index in [-0.39, 0.29) is 27.3 Å². The number of nitrogens with zero attached hydrogens (tertiary/aromatic N) is 3. The molecule has 1 heterocycles. The maximum atomic E-state index is 12.6. The molecule has 3 aromatic rings. The highest BCUT2D eigenvalue weighted by Crippen LogP contribution is 2.30. The van der Waals surface area contributed by atoms with Gasteiger partial charge in [-0.2, -0.15) is 4.31 Å². The lowest BCUT2D eigenvalue weighted by Gasteiger charge is -2.18. The van der Waals surface area contributed by atoms with Crippen molar-refractivity contribution in [1.29, 1.82) is 0 Å². The summed E-state index contributed by atoms with van der Waals surface area (Å²) < 4.78 is 37.5. The Hall–Kier alpha value is -3.20. The lowest BCUT2D eigenvalue weighted by atomic mass is 10.2. The molecule has 0 unspecified atom stereocenters. The number of thioether (sulfide) groups is 1. The second-order valence-corrected chi connectivity index (χ2v) is 11.5. The van der Waals surface area contributed by atoms with Gasteiger partial charge >= 0.3 is 0 Å². The lowest BCUT2D eigenvalue weighted by Crippen LogP contribution is -2.30. The first kappa shape index (κ1) is 28.4. The molecule has 2 N–H and O–H groups in total. The standard InChI is InChI=1S/C23H27N5O6S3/c1-5-28(6-2)37(31,32)17-10-7-15(8-11-17)21(30)25-22-26-27-23(36-22)35-14-20(29)24-16-9-12-18(33-3)19(13-16)34-4/h7-13H,5-6,14H2,1-4H3,(H,24,29)(H,25,26,30). The van der Waals surface area contributed by atoms with Gasteiger partial charge in [0.25, 0.3) is 5.91 Å². The van der Waals surface area contributed by atoms with Gasteiger partial charge in [-0.15, -0.1) is 10.2 Å². The van der Waals surface area contributed by atoms with E-state index in [2.05, 4.69) is 20.8 Å². The summed E-state index contributed by atoms with van der Waals surface area (Å²) in [5.41, 5.74) is 0.835. The second kappa shape index (κ2) is 12.9. The maximum Gasteiger partial charge on any atom is 0.257 e. The maximum absolute atomic E-state index is 12.6. The minimum atomic E-state index is -3.61. The van der Waals surface area contributed by atoms with Gasteiger partial charge in [-0.25, -0.2) is 8.42 Å². The van der Waals surface area contributed by atoms with Crippen LogP contribution in [-0.4, -0.2) is 67.8 Å². The number of sulfonamides is 1. The quantitative estimate of drug-likeness (QED) is 0.249. The number of amides is 2. The van der Waals surface area contributed by atoms with Crippen LogP contribution < -0.4 is 20.1 Å². The van der Waals surface area contributed by atoms with Crippen molar-refractivity contribution in [2.45, 2.75) is 23.1 Å². The Morgan fingerprint density at radius 2 is 1.65 bits per heavy atom. The molecule has 3 rings (SSSR count). The fourth-order valence-corrected chi connectivity index (χ4v) is 6.22. The molecule has 0 aliphatic carbocycles. The number of benzene rings is 2. The van der Waals surface area contributed by atoms with Crippen LogP contribution in [0.3, 0.4) is 0 Å². The van der Waals surface area contributed by atoms with Crippen LogP contribution in [0.15, 0.2) is 51.7 Å². The summed E-state index contributed by atoms with van der Waals surface area (Å²) in [7, 11) is -0.563. The van der Waals surface area contributed by atoms with E-state index in [0.29, 0.717) is 34.6 Å².